The predicted molar refractivity (Wildman–Crippen MR) is 69.3 cm³/mol. The second-order valence-electron chi connectivity index (χ2n) is 3.70. The van der Waals surface area contributed by atoms with Gasteiger partial charge in [-0.1, -0.05) is 23.7 Å². The molecule has 0 radical (unpaired) electrons. The number of benzene rings is 1. The Balaban J connectivity index is 2.23. The van der Waals surface area contributed by atoms with Crippen molar-refractivity contribution in [3.63, 3.8) is 0 Å². The van der Waals surface area contributed by atoms with Crippen molar-refractivity contribution in [2.45, 2.75) is 0 Å². The van der Waals surface area contributed by atoms with Crippen LogP contribution >= 0.6 is 11.6 Å². The van der Waals surface area contributed by atoms with Gasteiger partial charge in [0.25, 0.3) is 0 Å². The summed E-state index contributed by atoms with van der Waals surface area (Å²) in [5.41, 5.74) is 0.990. The summed E-state index contributed by atoms with van der Waals surface area (Å²) in [5.74, 6) is 0. The summed E-state index contributed by atoms with van der Waals surface area (Å²) in [5, 5.41) is 4.07. The smallest absolute Gasteiger partial charge is 0.0637 e. The summed E-state index contributed by atoms with van der Waals surface area (Å²) in [7, 11) is 3.79. The Morgan fingerprint density at radius 2 is 2.06 bits per heavy atom. The molecular formula is C12H19ClN2O. The van der Waals surface area contributed by atoms with E-state index in [1.165, 1.54) is 0 Å². The first kappa shape index (κ1) is 13.3. The first-order valence-electron chi connectivity index (χ1n) is 5.40. The van der Waals surface area contributed by atoms with Gasteiger partial charge in [-0.05, 0) is 19.2 Å². The van der Waals surface area contributed by atoms with E-state index in [0.29, 0.717) is 0 Å². The largest absolute Gasteiger partial charge is 0.383 e. The van der Waals surface area contributed by atoms with E-state index in [4.69, 9.17) is 16.3 Å². The molecule has 0 saturated heterocycles. The zero-order valence-electron chi connectivity index (χ0n) is 9.87. The van der Waals surface area contributed by atoms with Crippen LogP contribution in [-0.2, 0) is 4.74 Å². The zero-order valence-corrected chi connectivity index (χ0v) is 10.6. The lowest BCUT2D eigenvalue weighted by Crippen LogP contribution is -2.28. The van der Waals surface area contributed by atoms with E-state index in [2.05, 4.69) is 17.3 Å². The monoisotopic (exact) mass is 242 g/mol. The molecule has 1 aromatic rings. The Morgan fingerprint density at radius 1 is 1.31 bits per heavy atom. The quantitative estimate of drug-likeness (QED) is 0.794. The number of nitrogens with zero attached hydrogens (tertiary/aromatic N) is 1. The standard InChI is InChI=1S/C12H19ClN2O/c1-15(9-10-16-2)8-7-14-12-6-4-3-5-11(12)13/h3-6,14H,7-10H2,1-2H3. The molecule has 1 rings (SSSR count). The molecule has 0 heterocycles. The van der Waals surface area contributed by atoms with Gasteiger partial charge in [0.1, 0.15) is 0 Å². The number of hydrogen-bond donors (Lipinski definition) is 1. The third kappa shape index (κ3) is 4.84. The van der Waals surface area contributed by atoms with Crippen molar-refractivity contribution in [2.75, 3.05) is 45.7 Å². The molecule has 90 valence electrons. The van der Waals surface area contributed by atoms with Crippen molar-refractivity contribution in [1.29, 1.82) is 0 Å². The minimum absolute atomic E-state index is 0.766. The molecule has 0 atom stereocenters. The fourth-order valence-electron chi connectivity index (χ4n) is 1.34. The highest BCUT2D eigenvalue weighted by molar-refractivity contribution is 6.33. The predicted octanol–water partition coefficient (Wildman–Crippen LogP) is 2.33. The Kier molecular flexibility index (Phi) is 6.23. The van der Waals surface area contributed by atoms with Gasteiger partial charge in [-0.2, -0.15) is 0 Å². The van der Waals surface area contributed by atoms with Crippen LogP contribution in [0.3, 0.4) is 0 Å². The van der Waals surface area contributed by atoms with Crippen LogP contribution in [0, 0.1) is 0 Å². The van der Waals surface area contributed by atoms with Gasteiger partial charge in [-0.15, -0.1) is 0 Å². The average molecular weight is 243 g/mol. The molecule has 0 aromatic heterocycles. The summed E-state index contributed by atoms with van der Waals surface area (Å²) in [4.78, 5) is 2.22. The highest BCUT2D eigenvalue weighted by Crippen LogP contribution is 2.19. The van der Waals surface area contributed by atoms with E-state index in [-0.39, 0.29) is 0 Å². The zero-order chi connectivity index (χ0) is 11.8. The van der Waals surface area contributed by atoms with Gasteiger partial charge in [-0.3, -0.25) is 0 Å². The topological polar surface area (TPSA) is 24.5 Å². The van der Waals surface area contributed by atoms with Crippen LogP contribution in [-0.4, -0.2) is 45.3 Å². The van der Waals surface area contributed by atoms with Crippen molar-refractivity contribution in [3.8, 4) is 0 Å². The van der Waals surface area contributed by atoms with Gasteiger partial charge >= 0.3 is 0 Å². The lowest BCUT2D eigenvalue weighted by molar-refractivity contribution is 0.163. The van der Waals surface area contributed by atoms with Gasteiger partial charge in [0.15, 0.2) is 0 Å². The first-order chi connectivity index (χ1) is 7.74. The van der Waals surface area contributed by atoms with Crippen molar-refractivity contribution >= 4 is 17.3 Å². The maximum atomic E-state index is 6.03. The summed E-state index contributed by atoms with van der Waals surface area (Å²) in [6, 6.07) is 7.77. The third-order valence-electron chi connectivity index (χ3n) is 2.36. The number of anilines is 1. The Bertz CT molecular complexity index is 307. The molecule has 0 fully saturated rings. The van der Waals surface area contributed by atoms with Crippen molar-refractivity contribution in [1.82, 2.24) is 4.90 Å². The minimum atomic E-state index is 0.766. The molecule has 0 saturated carbocycles. The van der Waals surface area contributed by atoms with Crippen molar-refractivity contribution < 1.29 is 4.74 Å². The molecule has 0 aliphatic heterocycles. The molecule has 16 heavy (non-hydrogen) atoms. The fourth-order valence-corrected chi connectivity index (χ4v) is 1.55. The highest BCUT2D eigenvalue weighted by Gasteiger charge is 1.99. The second-order valence-corrected chi connectivity index (χ2v) is 4.11. The molecule has 0 spiro atoms. The number of methoxy groups -OCH3 is 1. The average Bonchev–Trinajstić information content (AvgIpc) is 2.29. The highest BCUT2D eigenvalue weighted by atomic mass is 35.5. The van der Waals surface area contributed by atoms with Crippen LogP contribution in [0.5, 0.6) is 0 Å². The molecule has 0 amide bonds. The van der Waals surface area contributed by atoms with Crippen LogP contribution in [0.4, 0.5) is 5.69 Å². The molecule has 0 bridgehead atoms. The molecule has 3 nitrogen and oxygen atoms in total. The number of likely N-dealkylation sites (N-methyl/N-ethyl adjacent to an activating group) is 1. The van der Waals surface area contributed by atoms with Crippen LogP contribution in [0.25, 0.3) is 0 Å². The molecular weight excluding hydrogens is 224 g/mol. The van der Waals surface area contributed by atoms with Crippen molar-refractivity contribution in [3.05, 3.63) is 29.3 Å². The van der Waals surface area contributed by atoms with Crippen molar-refractivity contribution in [2.24, 2.45) is 0 Å². The molecule has 0 aliphatic carbocycles. The molecule has 0 unspecified atom stereocenters. The number of ether oxygens (including phenoxy) is 1. The molecule has 0 aliphatic rings. The summed E-state index contributed by atoms with van der Waals surface area (Å²) in [6.07, 6.45) is 0. The van der Waals surface area contributed by atoms with Gasteiger partial charge in [0.05, 0.1) is 17.3 Å². The van der Waals surface area contributed by atoms with Gasteiger partial charge in [0, 0.05) is 26.7 Å². The van der Waals surface area contributed by atoms with Crippen LogP contribution in [0.2, 0.25) is 5.02 Å². The molecule has 1 aromatic carbocycles. The lowest BCUT2D eigenvalue weighted by Gasteiger charge is -2.17. The maximum Gasteiger partial charge on any atom is 0.0637 e. The van der Waals surface area contributed by atoms with Gasteiger partial charge in [-0.25, -0.2) is 0 Å². The van der Waals surface area contributed by atoms with E-state index in [9.17, 15) is 0 Å². The number of halogens is 1. The van der Waals surface area contributed by atoms with E-state index in [1.807, 2.05) is 24.3 Å². The normalized spacial score (nSPS) is 10.8. The molecule has 4 heteroatoms. The lowest BCUT2D eigenvalue weighted by atomic mass is 10.3. The van der Waals surface area contributed by atoms with E-state index < -0.39 is 0 Å². The summed E-state index contributed by atoms with van der Waals surface area (Å²) >= 11 is 6.03. The van der Waals surface area contributed by atoms with Gasteiger partial charge < -0.3 is 15.0 Å². The minimum Gasteiger partial charge on any atom is -0.383 e. The van der Waals surface area contributed by atoms with E-state index >= 15 is 0 Å². The Labute approximate surface area is 102 Å². The van der Waals surface area contributed by atoms with Crippen LogP contribution < -0.4 is 5.32 Å². The number of para-hydroxylation sites is 1. The third-order valence-corrected chi connectivity index (χ3v) is 2.69. The van der Waals surface area contributed by atoms with Gasteiger partial charge in [0.2, 0.25) is 0 Å². The first-order valence-corrected chi connectivity index (χ1v) is 5.77. The fraction of sp³-hybridized carbons (Fsp3) is 0.500. The Hall–Kier alpha value is -0.770. The summed E-state index contributed by atoms with van der Waals surface area (Å²) < 4.78 is 5.01. The van der Waals surface area contributed by atoms with Crippen LogP contribution in [0.1, 0.15) is 0 Å². The van der Waals surface area contributed by atoms with E-state index in [1.54, 1.807) is 7.11 Å². The number of hydrogen-bond acceptors (Lipinski definition) is 3. The summed E-state index contributed by atoms with van der Waals surface area (Å²) in [6.45, 7) is 3.56. The SMILES string of the molecule is COCCN(C)CCNc1ccccc1Cl. The maximum absolute atomic E-state index is 6.03. The second kappa shape index (κ2) is 7.49. The van der Waals surface area contributed by atoms with E-state index in [0.717, 1.165) is 37.0 Å². The Morgan fingerprint density at radius 3 is 2.75 bits per heavy atom. The number of nitrogens with one attached hydrogen (secondary N) is 1. The van der Waals surface area contributed by atoms with Crippen LogP contribution in [0.15, 0.2) is 24.3 Å². The molecule has 1 N–H and O–H groups in total. The number of rotatable bonds is 7.